The van der Waals surface area contributed by atoms with Crippen molar-refractivity contribution in [2.75, 3.05) is 17.3 Å². The zero-order chi connectivity index (χ0) is 13.7. The summed E-state index contributed by atoms with van der Waals surface area (Å²) in [4.78, 5) is 16.6. The summed E-state index contributed by atoms with van der Waals surface area (Å²) in [5.41, 5.74) is 2.43. The monoisotopic (exact) mass is 262 g/mol. The average molecular weight is 262 g/mol. The molecule has 0 atom stereocenters. The fourth-order valence-corrected chi connectivity index (χ4v) is 1.47. The summed E-state index contributed by atoms with van der Waals surface area (Å²) in [7, 11) is 0. The number of aromatic nitrogens is 5. The molecule has 0 saturated carbocycles. The quantitative estimate of drug-likeness (QED) is 0.522. The predicted molar refractivity (Wildman–Crippen MR) is 72.7 cm³/mol. The van der Waals surface area contributed by atoms with Gasteiger partial charge in [-0.05, 0) is 12.3 Å². The number of nitrogens with zero attached hydrogens (tertiary/aromatic N) is 5. The van der Waals surface area contributed by atoms with Gasteiger partial charge < -0.3 is 5.32 Å². The Morgan fingerprint density at radius 1 is 1.26 bits per heavy atom. The van der Waals surface area contributed by atoms with Crippen molar-refractivity contribution < 1.29 is 0 Å². The summed E-state index contributed by atoms with van der Waals surface area (Å²) in [6.07, 6.45) is 6.07. The Hall–Kier alpha value is -2.22. The number of anilines is 2. The molecule has 0 aliphatic carbocycles. The highest BCUT2D eigenvalue weighted by atomic mass is 15.4. The van der Waals surface area contributed by atoms with Crippen LogP contribution in [0.4, 0.5) is 11.9 Å². The molecule has 2 heterocycles. The van der Waals surface area contributed by atoms with E-state index in [1.54, 1.807) is 23.3 Å². The molecule has 0 bridgehead atoms. The highest BCUT2D eigenvalue weighted by Crippen LogP contribution is 2.09. The fraction of sp³-hybridized carbons (Fsp3) is 0.455. The topological polar surface area (TPSA) is 107 Å². The van der Waals surface area contributed by atoms with Gasteiger partial charge in [-0.1, -0.05) is 13.8 Å². The van der Waals surface area contributed by atoms with Crippen molar-refractivity contribution in [1.82, 2.24) is 24.5 Å². The van der Waals surface area contributed by atoms with Crippen LogP contribution >= 0.6 is 0 Å². The van der Waals surface area contributed by atoms with Crippen LogP contribution in [0.15, 0.2) is 18.7 Å². The van der Waals surface area contributed by atoms with Gasteiger partial charge in [0.25, 0.3) is 0 Å². The van der Waals surface area contributed by atoms with E-state index >= 15 is 0 Å². The van der Waals surface area contributed by atoms with E-state index in [4.69, 9.17) is 5.84 Å². The molecule has 8 heteroatoms. The first-order chi connectivity index (χ1) is 9.19. The molecule has 0 saturated heterocycles. The highest BCUT2D eigenvalue weighted by Gasteiger charge is 2.07. The first kappa shape index (κ1) is 13.2. The number of rotatable bonds is 6. The molecule has 2 rings (SSSR count). The fourth-order valence-electron chi connectivity index (χ4n) is 1.47. The SMILES string of the molecule is CC(C)CCNc1nc(NN)nc(-n2ccnc2)n1. The average Bonchev–Trinajstić information content (AvgIpc) is 2.92. The lowest BCUT2D eigenvalue weighted by atomic mass is 10.1. The molecule has 2 aromatic rings. The van der Waals surface area contributed by atoms with Crippen LogP contribution in [0.25, 0.3) is 5.95 Å². The number of nitrogen functional groups attached to an aromatic ring is 1. The lowest BCUT2D eigenvalue weighted by Crippen LogP contribution is -2.16. The molecule has 2 aromatic heterocycles. The molecule has 8 nitrogen and oxygen atoms in total. The second-order valence-corrected chi connectivity index (χ2v) is 4.51. The van der Waals surface area contributed by atoms with Crippen LogP contribution < -0.4 is 16.6 Å². The van der Waals surface area contributed by atoms with Crippen LogP contribution in [0.2, 0.25) is 0 Å². The van der Waals surface area contributed by atoms with Gasteiger partial charge in [-0.3, -0.25) is 9.99 Å². The van der Waals surface area contributed by atoms with E-state index < -0.39 is 0 Å². The van der Waals surface area contributed by atoms with Gasteiger partial charge in [-0.25, -0.2) is 10.8 Å². The van der Waals surface area contributed by atoms with Crippen molar-refractivity contribution in [2.24, 2.45) is 11.8 Å². The van der Waals surface area contributed by atoms with Crippen molar-refractivity contribution in [2.45, 2.75) is 20.3 Å². The van der Waals surface area contributed by atoms with E-state index in [0.29, 0.717) is 23.8 Å². The van der Waals surface area contributed by atoms with E-state index in [0.717, 1.165) is 13.0 Å². The highest BCUT2D eigenvalue weighted by molar-refractivity contribution is 5.37. The largest absolute Gasteiger partial charge is 0.354 e. The maximum atomic E-state index is 5.36. The summed E-state index contributed by atoms with van der Waals surface area (Å²) in [5, 5.41) is 3.16. The lowest BCUT2D eigenvalue weighted by molar-refractivity contribution is 0.605. The zero-order valence-corrected chi connectivity index (χ0v) is 11.0. The molecule has 0 unspecified atom stereocenters. The smallest absolute Gasteiger partial charge is 0.243 e. The minimum atomic E-state index is 0.311. The van der Waals surface area contributed by atoms with Crippen LogP contribution in [-0.4, -0.2) is 31.0 Å². The summed E-state index contributed by atoms with van der Waals surface area (Å²) in [6, 6.07) is 0. The van der Waals surface area contributed by atoms with Gasteiger partial charge in [-0.2, -0.15) is 15.0 Å². The van der Waals surface area contributed by atoms with Crippen molar-refractivity contribution in [3.63, 3.8) is 0 Å². The summed E-state index contributed by atoms with van der Waals surface area (Å²) in [6.45, 7) is 5.13. The molecular formula is C11H18N8. The molecule has 0 spiro atoms. The van der Waals surface area contributed by atoms with Gasteiger partial charge in [0.05, 0.1) is 0 Å². The van der Waals surface area contributed by atoms with Crippen LogP contribution in [0.3, 0.4) is 0 Å². The molecular weight excluding hydrogens is 244 g/mol. The molecule has 0 aromatic carbocycles. The van der Waals surface area contributed by atoms with Crippen molar-refractivity contribution in [3.8, 4) is 5.95 Å². The molecule has 0 aliphatic heterocycles. The first-order valence-corrected chi connectivity index (χ1v) is 6.14. The molecule has 4 N–H and O–H groups in total. The predicted octanol–water partition coefficient (Wildman–Crippen LogP) is 0.801. The molecule has 0 fully saturated rings. The third-order valence-electron chi connectivity index (χ3n) is 2.49. The maximum absolute atomic E-state index is 5.36. The Balaban J connectivity index is 2.16. The van der Waals surface area contributed by atoms with Gasteiger partial charge in [-0.15, -0.1) is 0 Å². The number of hydrazine groups is 1. The van der Waals surface area contributed by atoms with Gasteiger partial charge >= 0.3 is 0 Å². The van der Waals surface area contributed by atoms with Crippen molar-refractivity contribution >= 4 is 11.9 Å². The summed E-state index contributed by atoms with van der Waals surface area (Å²) >= 11 is 0. The Labute approximate surface area is 111 Å². The second-order valence-electron chi connectivity index (χ2n) is 4.51. The number of hydrogen-bond donors (Lipinski definition) is 3. The Morgan fingerprint density at radius 3 is 2.68 bits per heavy atom. The molecule has 0 radical (unpaired) electrons. The summed E-state index contributed by atoms with van der Waals surface area (Å²) in [5.74, 6) is 7.25. The van der Waals surface area contributed by atoms with Gasteiger partial charge in [0.1, 0.15) is 6.33 Å². The van der Waals surface area contributed by atoms with Gasteiger partial charge in [0.2, 0.25) is 17.8 Å². The summed E-state index contributed by atoms with van der Waals surface area (Å²) < 4.78 is 1.69. The third kappa shape index (κ3) is 3.62. The number of nitrogens with one attached hydrogen (secondary N) is 2. The number of imidazole rings is 1. The normalized spacial score (nSPS) is 10.7. The molecule has 102 valence electrons. The van der Waals surface area contributed by atoms with Gasteiger partial charge in [0.15, 0.2) is 0 Å². The Bertz CT molecular complexity index is 507. The van der Waals surface area contributed by atoms with E-state index in [1.807, 2.05) is 0 Å². The Kier molecular flexibility index (Phi) is 4.24. The van der Waals surface area contributed by atoms with Crippen LogP contribution in [-0.2, 0) is 0 Å². The first-order valence-electron chi connectivity index (χ1n) is 6.14. The van der Waals surface area contributed by atoms with E-state index in [1.165, 1.54) is 0 Å². The van der Waals surface area contributed by atoms with Crippen molar-refractivity contribution in [1.29, 1.82) is 0 Å². The third-order valence-corrected chi connectivity index (χ3v) is 2.49. The Morgan fingerprint density at radius 2 is 2.05 bits per heavy atom. The number of nitrogens with two attached hydrogens (primary N) is 1. The lowest BCUT2D eigenvalue weighted by Gasteiger charge is -2.09. The molecule has 0 amide bonds. The van der Waals surface area contributed by atoms with E-state index in [-0.39, 0.29) is 0 Å². The van der Waals surface area contributed by atoms with E-state index in [2.05, 4.69) is 44.5 Å². The maximum Gasteiger partial charge on any atom is 0.243 e. The van der Waals surface area contributed by atoms with Crippen molar-refractivity contribution in [3.05, 3.63) is 18.7 Å². The second kappa shape index (κ2) is 6.10. The van der Waals surface area contributed by atoms with Crippen LogP contribution in [0.5, 0.6) is 0 Å². The van der Waals surface area contributed by atoms with Gasteiger partial charge in [0, 0.05) is 18.9 Å². The number of hydrogen-bond acceptors (Lipinski definition) is 7. The van der Waals surface area contributed by atoms with E-state index in [9.17, 15) is 0 Å². The minimum absolute atomic E-state index is 0.311. The standard InChI is InChI=1S/C11H18N8/c1-8(2)3-4-14-9-15-10(18-12)17-11(16-9)19-6-5-13-7-19/h5-8H,3-4,12H2,1-2H3,(H2,14,15,16,17,18). The van der Waals surface area contributed by atoms with Crippen LogP contribution in [0.1, 0.15) is 20.3 Å². The minimum Gasteiger partial charge on any atom is -0.354 e. The zero-order valence-electron chi connectivity index (χ0n) is 11.0. The molecule has 0 aliphatic rings. The van der Waals surface area contributed by atoms with Crippen LogP contribution in [0, 0.1) is 5.92 Å². The molecule has 19 heavy (non-hydrogen) atoms.